The van der Waals surface area contributed by atoms with E-state index in [1.165, 1.54) is 22.3 Å². The smallest absolute Gasteiger partial charge is 0.0582 e. The fraction of sp³-hybridized carbons (Fsp3) is 0.200. The van der Waals surface area contributed by atoms with Crippen molar-refractivity contribution in [2.75, 3.05) is 0 Å². The molecule has 0 aromatic heterocycles. The molecule has 1 aliphatic heterocycles. The highest BCUT2D eigenvalue weighted by Gasteiger charge is 2.22. The summed E-state index contributed by atoms with van der Waals surface area (Å²) in [4.78, 5) is 0. The largest absolute Gasteiger partial charge is 0.302 e. The van der Waals surface area contributed by atoms with Gasteiger partial charge < -0.3 is 5.32 Å². The van der Waals surface area contributed by atoms with Gasteiger partial charge in [0.05, 0.1) is 6.04 Å². The molecule has 3 rings (SSSR count). The molecule has 1 atom stereocenters. The number of rotatable bonds is 1. The van der Waals surface area contributed by atoms with Crippen LogP contribution in [0.3, 0.4) is 0 Å². The number of fused-ring (bicyclic) bond motifs is 1. The van der Waals surface area contributed by atoms with Crippen LogP contribution in [0.15, 0.2) is 42.5 Å². The summed E-state index contributed by atoms with van der Waals surface area (Å²) in [6.07, 6.45) is 0. The monoisotopic (exact) mass is 243 g/mol. The maximum absolute atomic E-state index is 5.92. The maximum atomic E-state index is 5.92. The zero-order valence-corrected chi connectivity index (χ0v) is 10.5. The molecule has 0 aliphatic carbocycles. The summed E-state index contributed by atoms with van der Waals surface area (Å²) in [5.74, 6) is 0. The fourth-order valence-electron chi connectivity index (χ4n) is 2.42. The van der Waals surface area contributed by atoms with Crippen LogP contribution in [0.1, 0.15) is 28.3 Å². The van der Waals surface area contributed by atoms with Crippen LogP contribution in [0.5, 0.6) is 0 Å². The first-order chi connectivity index (χ1) is 8.24. The summed E-state index contributed by atoms with van der Waals surface area (Å²) in [5.41, 5.74) is 5.38. The number of hydrogen-bond acceptors (Lipinski definition) is 1. The zero-order valence-electron chi connectivity index (χ0n) is 9.70. The average molecular weight is 244 g/mol. The van der Waals surface area contributed by atoms with Crippen molar-refractivity contribution in [2.24, 2.45) is 0 Å². The first-order valence-corrected chi connectivity index (χ1v) is 6.20. The molecule has 2 aromatic rings. The Labute approximate surface area is 106 Å². The quantitative estimate of drug-likeness (QED) is 0.803. The molecule has 86 valence electrons. The molecule has 1 unspecified atom stereocenters. The molecule has 0 saturated carbocycles. The lowest BCUT2D eigenvalue weighted by atomic mass is 9.97. The summed E-state index contributed by atoms with van der Waals surface area (Å²) in [6.45, 7) is 3.08. The molecule has 1 nitrogen and oxygen atoms in total. The van der Waals surface area contributed by atoms with Gasteiger partial charge in [-0.3, -0.25) is 0 Å². The molecule has 17 heavy (non-hydrogen) atoms. The molecule has 0 saturated heterocycles. The van der Waals surface area contributed by atoms with Crippen molar-refractivity contribution in [3.05, 3.63) is 69.7 Å². The first kappa shape index (κ1) is 10.8. The minimum atomic E-state index is 0.308. The van der Waals surface area contributed by atoms with Gasteiger partial charge in [-0.2, -0.15) is 0 Å². The predicted molar refractivity (Wildman–Crippen MR) is 71.3 cm³/mol. The number of benzene rings is 2. The second kappa shape index (κ2) is 4.17. The molecule has 0 radical (unpaired) electrons. The van der Waals surface area contributed by atoms with Crippen LogP contribution in [0.2, 0.25) is 5.02 Å². The lowest BCUT2D eigenvalue weighted by Crippen LogP contribution is -2.13. The lowest BCUT2D eigenvalue weighted by Gasteiger charge is -2.13. The summed E-state index contributed by atoms with van der Waals surface area (Å²) in [7, 11) is 0. The highest BCUT2D eigenvalue weighted by molar-refractivity contribution is 6.30. The Morgan fingerprint density at radius 3 is 2.65 bits per heavy atom. The highest BCUT2D eigenvalue weighted by atomic mass is 35.5. The van der Waals surface area contributed by atoms with E-state index in [2.05, 4.69) is 42.6 Å². The second-order valence-electron chi connectivity index (χ2n) is 4.57. The molecule has 0 bridgehead atoms. The Balaban J connectivity index is 2.03. The average Bonchev–Trinajstić information content (AvgIpc) is 2.73. The third-order valence-electron chi connectivity index (χ3n) is 3.31. The Bertz CT molecular complexity index is 545. The Morgan fingerprint density at radius 1 is 1.12 bits per heavy atom. The van der Waals surface area contributed by atoms with E-state index in [0.717, 1.165) is 11.6 Å². The number of hydrogen-bond donors (Lipinski definition) is 1. The minimum absolute atomic E-state index is 0.308. The van der Waals surface area contributed by atoms with Gasteiger partial charge in [-0.15, -0.1) is 0 Å². The van der Waals surface area contributed by atoms with E-state index in [1.807, 2.05) is 12.1 Å². The van der Waals surface area contributed by atoms with E-state index in [9.17, 15) is 0 Å². The van der Waals surface area contributed by atoms with E-state index in [4.69, 9.17) is 11.6 Å². The lowest BCUT2D eigenvalue weighted by molar-refractivity contribution is 0.667. The van der Waals surface area contributed by atoms with Crippen molar-refractivity contribution in [1.29, 1.82) is 0 Å². The van der Waals surface area contributed by atoms with Crippen molar-refractivity contribution in [3.8, 4) is 0 Å². The molecule has 2 aromatic carbocycles. The second-order valence-corrected chi connectivity index (χ2v) is 5.00. The summed E-state index contributed by atoms with van der Waals surface area (Å²) >= 11 is 5.92. The van der Waals surface area contributed by atoms with Crippen molar-refractivity contribution in [3.63, 3.8) is 0 Å². The van der Waals surface area contributed by atoms with Crippen molar-refractivity contribution in [1.82, 2.24) is 5.32 Å². The normalized spacial score (nSPS) is 18.1. The standard InChI is InChI=1S/C15H14ClN/c1-10-2-3-12-9-17-15(14(12)8-10)11-4-6-13(16)7-5-11/h2-8,15,17H,9H2,1H3. The van der Waals surface area contributed by atoms with Crippen LogP contribution in [0, 0.1) is 6.92 Å². The molecule has 1 heterocycles. The van der Waals surface area contributed by atoms with Gasteiger partial charge in [0.15, 0.2) is 0 Å². The first-order valence-electron chi connectivity index (χ1n) is 5.82. The van der Waals surface area contributed by atoms with E-state index in [0.29, 0.717) is 6.04 Å². The van der Waals surface area contributed by atoms with Crippen LogP contribution in [0.25, 0.3) is 0 Å². The predicted octanol–water partition coefficient (Wildman–Crippen LogP) is 3.84. The van der Waals surface area contributed by atoms with Crippen LogP contribution in [-0.4, -0.2) is 0 Å². The Hall–Kier alpha value is -1.31. The topological polar surface area (TPSA) is 12.0 Å². The van der Waals surface area contributed by atoms with Gasteiger partial charge in [-0.1, -0.05) is 47.5 Å². The Morgan fingerprint density at radius 2 is 1.88 bits per heavy atom. The van der Waals surface area contributed by atoms with Crippen molar-refractivity contribution in [2.45, 2.75) is 19.5 Å². The van der Waals surface area contributed by atoms with E-state index >= 15 is 0 Å². The van der Waals surface area contributed by atoms with E-state index in [-0.39, 0.29) is 0 Å². The zero-order chi connectivity index (χ0) is 11.8. The van der Waals surface area contributed by atoms with Crippen molar-refractivity contribution < 1.29 is 0 Å². The molecule has 0 fully saturated rings. The van der Waals surface area contributed by atoms with Crippen LogP contribution in [-0.2, 0) is 6.54 Å². The molecule has 0 spiro atoms. The number of nitrogens with one attached hydrogen (secondary N) is 1. The van der Waals surface area contributed by atoms with Crippen LogP contribution < -0.4 is 5.32 Å². The molecule has 1 N–H and O–H groups in total. The summed E-state index contributed by atoms with van der Waals surface area (Å²) in [5, 5.41) is 4.33. The minimum Gasteiger partial charge on any atom is -0.302 e. The van der Waals surface area contributed by atoms with Crippen LogP contribution in [0.4, 0.5) is 0 Å². The van der Waals surface area contributed by atoms with Crippen LogP contribution >= 0.6 is 11.6 Å². The van der Waals surface area contributed by atoms with Gasteiger partial charge in [-0.05, 0) is 35.7 Å². The molecule has 1 aliphatic rings. The molecular formula is C15H14ClN. The van der Waals surface area contributed by atoms with Gasteiger partial charge in [0.25, 0.3) is 0 Å². The van der Waals surface area contributed by atoms with Gasteiger partial charge in [0.2, 0.25) is 0 Å². The third-order valence-corrected chi connectivity index (χ3v) is 3.56. The SMILES string of the molecule is Cc1ccc2c(c1)C(c1ccc(Cl)cc1)NC2. The maximum Gasteiger partial charge on any atom is 0.0582 e. The fourth-order valence-corrected chi connectivity index (χ4v) is 2.54. The van der Waals surface area contributed by atoms with Gasteiger partial charge in [-0.25, -0.2) is 0 Å². The molecular weight excluding hydrogens is 230 g/mol. The van der Waals surface area contributed by atoms with Gasteiger partial charge >= 0.3 is 0 Å². The summed E-state index contributed by atoms with van der Waals surface area (Å²) < 4.78 is 0. The van der Waals surface area contributed by atoms with Gasteiger partial charge in [0, 0.05) is 11.6 Å². The molecule has 2 heteroatoms. The number of halogens is 1. The summed E-state index contributed by atoms with van der Waals surface area (Å²) in [6, 6.07) is 15.1. The van der Waals surface area contributed by atoms with E-state index in [1.54, 1.807) is 0 Å². The highest BCUT2D eigenvalue weighted by Crippen LogP contribution is 2.31. The van der Waals surface area contributed by atoms with E-state index < -0.39 is 0 Å². The number of aryl methyl sites for hydroxylation is 1. The van der Waals surface area contributed by atoms with Gasteiger partial charge in [0.1, 0.15) is 0 Å². The Kier molecular flexibility index (Phi) is 2.65. The third kappa shape index (κ3) is 1.97. The molecule has 0 amide bonds. The van der Waals surface area contributed by atoms with Crippen molar-refractivity contribution >= 4 is 11.6 Å².